The first kappa shape index (κ1) is 27.1. The molecule has 9 heteroatoms. The number of benzene rings is 3. The van der Waals surface area contributed by atoms with Gasteiger partial charge in [-0.2, -0.15) is 5.10 Å². The summed E-state index contributed by atoms with van der Waals surface area (Å²) < 4.78 is 6.95. The predicted octanol–water partition coefficient (Wildman–Crippen LogP) is 4.68. The van der Waals surface area contributed by atoms with E-state index in [0.717, 1.165) is 33.4 Å². The summed E-state index contributed by atoms with van der Waals surface area (Å²) in [7, 11) is 1.75. The van der Waals surface area contributed by atoms with Crippen LogP contribution in [0.3, 0.4) is 0 Å². The third-order valence-corrected chi connectivity index (χ3v) is 6.22. The summed E-state index contributed by atoms with van der Waals surface area (Å²) in [6.07, 6.45) is 1.97. The highest BCUT2D eigenvalue weighted by atomic mass is 16.5. The van der Waals surface area contributed by atoms with Gasteiger partial charge in [-0.25, -0.2) is 9.59 Å². The minimum absolute atomic E-state index is 0.194. The maximum atomic E-state index is 12.4. The summed E-state index contributed by atoms with van der Waals surface area (Å²) in [5.74, 6) is -0.926. The van der Waals surface area contributed by atoms with Crippen LogP contribution in [0.15, 0.2) is 85.1 Å². The molecule has 1 unspecified atom stereocenters. The Morgan fingerprint density at radius 1 is 0.897 bits per heavy atom. The lowest BCUT2D eigenvalue weighted by Crippen LogP contribution is -2.41. The van der Waals surface area contributed by atoms with Crippen molar-refractivity contribution in [1.29, 1.82) is 0 Å². The molecule has 0 aliphatic rings. The van der Waals surface area contributed by atoms with Crippen molar-refractivity contribution in [3.63, 3.8) is 0 Å². The van der Waals surface area contributed by atoms with Crippen molar-refractivity contribution in [3.05, 3.63) is 96.2 Å². The number of carbonyl (C=O) groups is 3. The molecule has 1 heterocycles. The van der Waals surface area contributed by atoms with Gasteiger partial charge in [0.25, 0.3) is 0 Å². The number of carbonyl (C=O) groups excluding carboxylic acids is 2. The Morgan fingerprint density at radius 2 is 1.51 bits per heavy atom. The first-order valence-electron chi connectivity index (χ1n) is 12.5. The first-order chi connectivity index (χ1) is 18.8. The molecular weight excluding hydrogens is 496 g/mol. The highest BCUT2D eigenvalue weighted by molar-refractivity contribution is 5.90. The van der Waals surface area contributed by atoms with E-state index in [-0.39, 0.29) is 18.9 Å². The van der Waals surface area contributed by atoms with Gasteiger partial charge in [0.15, 0.2) is 0 Å². The minimum Gasteiger partial charge on any atom is -0.480 e. The van der Waals surface area contributed by atoms with E-state index in [2.05, 4.69) is 15.7 Å². The largest absolute Gasteiger partial charge is 0.480 e. The van der Waals surface area contributed by atoms with Crippen molar-refractivity contribution in [3.8, 4) is 22.3 Å². The van der Waals surface area contributed by atoms with Crippen molar-refractivity contribution in [2.24, 2.45) is 7.05 Å². The molecule has 0 aliphatic carbocycles. The normalized spacial score (nSPS) is 11.4. The molecule has 1 atom stereocenters. The Bertz CT molecular complexity index is 1430. The van der Waals surface area contributed by atoms with Gasteiger partial charge in [-0.15, -0.1) is 0 Å². The molecule has 0 radical (unpaired) electrons. The topological polar surface area (TPSA) is 123 Å². The van der Waals surface area contributed by atoms with Gasteiger partial charge in [0, 0.05) is 32.4 Å². The maximum absolute atomic E-state index is 12.4. The van der Waals surface area contributed by atoms with E-state index < -0.39 is 18.1 Å². The Balaban J connectivity index is 1.40. The van der Waals surface area contributed by atoms with Crippen LogP contribution >= 0.6 is 0 Å². The highest BCUT2D eigenvalue weighted by Gasteiger charge is 2.19. The molecular formula is C30H30N4O5. The number of aliphatic carboxylic acids is 1. The van der Waals surface area contributed by atoms with Crippen LogP contribution in [0.2, 0.25) is 0 Å². The molecule has 2 amide bonds. The zero-order valence-electron chi connectivity index (χ0n) is 21.8. The van der Waals surface area contributed by atoms with Crippen LogP contribution in [-0.4, -0.2) is 45.5 Å². The van der Waals surface area contributed by atoms with E-state index in [1.807, 2.05) is 78.9 Å². The second kappa shape index (κ2) is 12.6. The number of carboxylic acids is 1. The average Bonchev–Trinajstić information content (AvgIpc) is 3.28. The number of ether oxygens (including phenoxy) is 1. The molecule has 4 rings (SSSR count). The zero-order chi connectivity index (χ0) is 27.8. The number of amides is 2. The average molecular weight is 527 g/mol. The van der Waals surface area contributed by atoms with Gasteiger partial charge < -0.3 is 15.2 Å². The summed E-state index contributed by atoms with van der Waals surface area (Å²) in [6.45, 7) is 1.56. The van der Waals surface area contributed by atoms with Gasteiger partial charge in [0.1, 0.15) is 11.9 Å². The minimum atomic E-state index is -1.07. The molecule has 3 aromatic carbocycles. The van der Waals surface area contributed by atoms with Gasteiger partial charge in [0.2, 0.25) is 5.91 Å². The molecule has 0 aliphatic heterocycles. The van der Waals surface area contributed by atoms with Crippen molar-refractivity contribution >= 4 is 23.8 Å². The molecule has 0 bridgehead atoms. The molecule has 3 N–H and O–H groups in total. The van der Waals surface area contributed by atoms with E-state index in [4.69, 9.17) is 4.74 Å². The van der Waals surface area contributed by atoms with Gasteiger partial charge in [-0.3, -0.25) is 14.8 Å². The highest BCUT2D eigenvalue weighted by Crippen LogP contribution is 2.30. The number of carboxylic acid groups (broad SMARTS) is 1. The monoisotopic (exact) mass is 526 g/mol. The summed E-state index contributed by atoms with van der Waals surface area (Å²) in [5, 5.41) is 18.9. The Labute approximate surface area is 226 Å². The van der Waals surface area contributed by atoms with Gasteiger partial charge in [-0.1, -0.05) is 78.9 Å². The number of nitrogens with one attached hydrogen (secondary N) is 2. The number of aryl methyl sites for hydroxylation is 1. The van der Waals surface area contributed by atoms with E-state index in [1.165, 1.54) is 6.92 Å². The first-order valence-corrected chi connectivity index (χ1v) is 12.5. The molecule has 0 saturated carbocycles. The fraction of sp³-hybridized carbons (Fsp3) is 0.200. The molecule has 9 nitrogen and oxygen atoms in total. The van der Waals surface area contributed by atoms with Crippen LogP contribution in [0, 0.1) is 0 Å². The number of rotatable bonds is 10. The summed E-state index contributed by atoms with van der Waals surface area (Å²) in [5.41, 5.74) is 5.47. The fourth-order valence-electron chi connectivity index (χ4n) is 4.19. The Kier molecular flexibility index (Phi) is 8.73. The van der Waals surface area contributed by atoms with Gasteiger partial charge >= 0.3 is 12.1 Å². The van der Waals surface area contributed by atoms with Gasteiger partial charge in [-0.05, 0) is 27.8 Å². The van der Waals surface area contributed by atoms with Crippen LogP contribution in [0.25, 0.3) is 22.3 Å². The van der Waals surface area contributed by atoms with Gasteiger partial charge in [0.05, 0.1) is 12.8 Å². The lowest BCUT2D eigenvalue weighted by molar-refractivity contribution is -0.141. The Hall–Kier alpha value is -4.92. The van der Waals surface area contributed by atoms with E-state index in [0.29, 0.717) is 12.2 Å². The second-order valence-corrected chi connectivity index (χ2v) is 9.10. The third kappa shape index (κ3) is 7.32. The number of nitrogens with zero attached hydrogens (tertiary/aromatic N) is 2. The van der Waals surface area contributed by atoms with Crippen LogP contribution in [0.4, 0.5) is 10.6 Å². The predicted molar refractivity (Wildman–Crippen MR) is 148 cm³/mol. The SMILES string of the molecule is CC(=O)NC(Cc1ccc(-c2ccc(-c3cnn(C)c3NC(=O)OCCc3ccccc3)cc2)cc1)C(=O)O. The van der Waals surface area contributed by atoms with Crippen molar-refractivity contribution < 1.29 is 24.2 Å². The number of hydrogen-bond acceptors (Lipinski definition) is 5. The lowest BCUT2D eigenvalue weighted by atomic mass is 9.99. The van der Waals surface area contributed by atoms with Crippen LogP contribution in [0.1, 0.15) is 18.1 Å². The third-order valence-electron chi connectivity index (χ3n) is 6.22. The smallest absolute Gasteiger partial charge is 0.412 e. The fourth-order valence-corrected chi connectivity index (χ4v) is 4.19. The molecule has 0 spiro atoms. The zero-order valence-corrected chi connectivity index (χ0v) is 21.8. The molecule has 39 heavy (non-hydrogen) atoms. The number of hydrogen-bond donors (Lipinski definition) is 3. The molecule has 0 fully saturated rings. The summed E-state index contributed by atoms with van der Waals surface area (Å²) in [6, 6.07) is 24.2. The number of anilines is 1. The Morgan fingerprint density at radius 3 is 2.13 bits per heavy atom. The van der Waals surface area contributed by atoms with E-state index in [1.54, 1.807) is 17.9 Å². The number of aromatic nitrogens is 2. The molecule has 200 valence electrons. The van der Waals surface area contributed by atoms with Crippen LogP contribution in [-0.2, 0) is 34.2 Å². The van der Waals surface area contributed by atoms with Crippen molar-refractivity contribution in [1.82, 2.24) is 15.1 Å². The maximum Gasteiger partial charge on any atom is 0.412 e. The molecule has 1 aromatic heterocycles. The van der Waals surface area contributed by atoms with Crippen LogP contribution < -0.4 is 10.6 Å². The quantitative estimate of drug-likeness (QED) is 0.276. The standard InChI is InChI=1S/C30H30N4O5/c1-20(35)32-27(29(36)37)18-22-8-10-23(11-9-22)24-12-14-25(15-13-24)26-19-31-34(2)28(26)33-30(38)39-17-16-21-6-4-3-5-7-21/h3-15,19,27H,16-18H2,1-2H3,(H,32,35)(H,33,38)(H,36,37). The van der Waals surface area contributed by atoms with Crippen LogP contribution in [0.5, 0.6) is 0 Å². The summed E-state index contributed by atoms with van der Waals surface area (Å²) in [4.78, 5) is 35.1. The van der Waals surface area contributed by atoms with Crippen molar-refractivity contribution in [2.45, 2.75) is 25.8 Å². The van der Waals surface area contributed by atoms with Crippen molar-refractivity contribution in [2.75, 3.05) is 11.9 Å². The van der Waals surface area contributed by atoms with E-state index >= 15 is 0 Å². The molecule has 4 aromatic rings. The summed E-state index contributed by atoms with van der Waals surface area (Å²) >= 11 is 0. The second-order valence-electron chi connectivity index (χ2n) is 9.10. The molecule has 0 saturated heterocycles. The lowest BCUT2D eigenvalue weighted by Gasteiger charge is -2.13. The van der Waals surface area contributed by atoms with E-state index in [9.17, 15) is 19.5 Å².